The van der Waals surface area contributed by atoms with Gasteiger partial charge in [0.25, 0.3) is 5.56 Å². The van der Waals surface area contributed by atoms with Gasteiger partial charge in [0, 0.05) is 12.7 Å². The summed E-state index contributed by atoms with van der Waals surface area (Å²) in [7, 11) is 0. The first-order valence-electron chi connectivity index (χ1n) is 7.10. The SMILES string of the molecule is O=c1c(Cl)c(N2CCCCO2)cnn1-c1ccc(C(F)(F)F)cn1. The minimum atomic E-state index is -4.50. The Morgan fingerprint density at radius 3 is 2.58 bits per heavy atom. The number of nitrogens with zero attached hydrogens (tertiary/aromatic N) is 4. The Morgan fingerprint density at radius 2 is 2.00 bits per heavy atom. The number of alkyl halides is 3. The normalized spacial score (nSPS) is 15.6. The molecule has 1 fully saturated rings. The van der Waals surface area contributed by atoms with Crippen LogP contribution in [0, 0.1) is 0 Å². The van der Waals surface area contributed by atoms with E-state index in [-0.39, 0.29) is 10.8 Å². The third kappa shape index (κ3) is 3.22. The van der Waals surface area contributed by atoms with E-state index in [1.807, 2.05) is 0 Å². The van der Waals surface area contributed by atoms with E-state index in [2.05, 4.69) is 10.1 Å². The Labute approximate surface area is 139 Å². The van der Waals surface area contributed by atoms with Gasteiger partial charge in [-0.2, -0.15) is 23.0 Å². The fourth-order valence-corrected chi connectivity index (χ4v) is 2.45. The van der Waals surface area contributed by atoms with Gasteiger partial charge >= 0.3 is 6.18 Å². The molecule has 1 aliphatic heterocycles. The molecule has 0 amide bonds. The van der Waals surface area contributed by atoms with Crippen molar-refractivity contribution in [1.29, 1.82) is 0 Å². The highest BCUT2D eigenvalue weighted by molar-refractivity contribution is 6.32. The van der Waals surface area contributed by atoms with Gasteiger partial charge in [0.05, 0.1) is 18.4 Å². The quantitative estimate of drug-likeness (QED) is 0.824. The summed E-state index contributed by atoms with van der Waals surface area (Å²) >= 11 is 6.08. The monoisotopic (exact) mass is 360 g/mol. The second kappa shape index (κ2) is 6.40. The molecule has 24 heavy (non-hydrogen) atoms. The van der Waals surface area contributed by atoms with E-state index in [1.165, 1.54) is 11.3 Å². The lowest BCUT2D eigenvalue weighted by Gasteiger charge is -2.28. The number of rotatable bonds is 2. The predicted molar refractivity (Wildman–Crippen MR) is 80.2 cm³/mol. The maximum atomic E-state index is 12.6. The lowest BCUT2D eigenvalue weighted by Crippen LogP contribution is -2.33. The summed E-state index contributed by atoms with van der Waals surface area (Å²) in [6, 6.07) is 1.89. The minimum absolute atomic E-state index is 0.0546. The van der Waals surface area contributed by atoms with E-state index >= 15 is 0 Å². The smallest absolute Gasteiger partial charge is 0.273 e. The summed E-state index contributed by atoms with van der Waals surface area (Å²) in [5.74, 6) is -0.0546. The van der Waals surface area contributed by atoms with Crippen LogP contribution in [0.4, 0.5) is 18.9 Å². The molecule has 0 aromatic carbocycles. The van der Waals surface area contributed by atoms with Crippen molar-refractivity contribution in [2.75, 3.05) is 18.2 Å². The number of aromatic nitrogens is 3. The van der Waals surface area contributed by atoms with Crippen LogP contribution < -0.4 is 10.6 Å². The van der Waals surface area contributed by atoms with Crippen molar-refractivity contribution in [1.82, 2.24) is 14.8 Å². The number of anilines is 1. The predicted octanol–water partition coefficient (Wildman–Crippen LogP) is 2.83. The van der Waals surface area contributed by atoms with E-state index in [4.69, 9.17) is 16.4 Å². The van der Waals surface area contributed by atoms with Crippen molar-refractivity contribution in [2.24, 2.45) is 0 Å². The van der Waals surface area contributed by atoms with Gasteiger partial charge in [-0.3, -0.25) is 14.7 Å². The topological polar surface area (TPSA) is 60.3 Å². The summed E-state index contributed by atoms with van der Waals surface area (Å²) in [5.41, 5.74) is -1.27. The first kappa shape index (κ1) is 16.7. The second-order valence-electron chi connectivity index (χ2n) is 5.11. The van der Waals surface area contributed by atoms with Crippen molar-refractivity contribution in [3.05, 3.63) is 45.5 Å². The van der Waals surface area contributed by atoms with Crippen molar-refractivity contribution < 1.29 is 18.0 Å². The molecule has 0 unspecified atom stereocenters. The lowest BCUT2D eigenvalue weighted by atomic mass is 10.3. The van der Waals surface area contributed by atoms with Gasteiger partial charge in [0.2, 0.25) is 0 Å². The van der Waals surface area contributed by atoms with Crippen LogP contribution in [-0.2, 0) is 11.0 Å². The van der Waals surface area contributed by atoms with E-state index in [0.29, 0.717) is 25.0 Å². The van der Waals surface area contributed by atoms with Crippen LogP contribution in [0.2, 0.25) is 5.02 Å². The van der Waals surface area contributed by atoms with E-state index in [1.54, 1.807) is 0 Å². The lowest BCUT2D eigenvalue weighted by molar-refractivity contribution is -0.137. The van der Waals surface area contributed by atoms with Gasteiger partial charge in [0.15, 0.2) is 5.82 Å². The van der Waals surface area contributed by atoms with Crippen molar-refractivity contribution >= 4 is 17.3 Å². The first-order valence-corrected chi connectivity index (χ1v) is 7.47. The molecule has 6 nitrogen and oxygen atoms in total. The standard InChI is InChI=1S/C14H12ClF3N4O2/c15-12-10(21-5-1-2-6-24-21)8-20-22(13(12)23)11-4-3-9(7-19-11)14(16,17)18/h3-4,7-8H,1-2,5-6H2. The van der Waals surface area contributed by atoms with E-state index in [9.17, 15) is 18.0 Å². The molecule has 3 heterocycles. The Bertz CT molecular complexity index is 786. The third-order valence-electron chi connectivity index (χ3n) is 3.46. The second-order valence-corrected chi connectivity index (χ2v) is 5.48. The molecule has 1 aliphatic rings. The zero-order chi connectivity index (χ0) is 17.3. The highest BCUT2D eigenvalue weighted by atomic mass is 35.5. The van der Waals surface area contributed by atoms with Crippen LogP contribution in [0.3, 0.4) is 0 Å². The molecule has 0 spiro atoms. The fourth-order valence-electron chi connectivity index (χ4n) is 2.23. The van der Waals surface area contributed by atoms with Crippen LogP contribution in [0.25, 0.3) is 5.82 Å². The van der Waals surface area contributed by atoms with Gasteiger partial charge in [-0.15, -0.1) is 0 Å². The summed E-state index contributed by atoms with van der Waals surface area (Å²) in [5, 5.41) is 5.29. The Kier molecular flexibility index (Phi) is 4.46. The molecule has 0 aliphatic carbocycles. The zero-order valence-corrected chi connectivity index (χ0v) is 13.0. The highest BCUT2D eigenvalue weighted by Crippen LogP contribution is 2.29. The summed E-state index contributed by atoms with van der Waals surface area (Å²) in [6.45, 7) is 1.09. The van der Waals surface area contributed by atoms with E-state index in [0.717, 1.165) is 29.7 Å². The Hall–Kier alpha value is -2.13. The molecule has 10 heteroatoms. The van der Waals surface area contributed by atoms with Crippen molar-refractivity contribution in [2.45, 2.75) is 19.0 Å². The Balaban J connectivity index is 1.95. The fraction of sp³-hybridized carbons (Fsp3) is 0.357. The molecule has 0 radical (unpaired) electrons. The molecule has 0 saturated carbocycles. The number of pyridine rings is 1. The highest BCUT2D eigenvalue weighted by Gasteiger charge is 2.31. The molecule has 128 valence electrons. The first-order chi connectivity index (χ1) is 11.4. The molecule has 0 N–H and O–H groups in total. The van der Waals surface area contributed by atoms with Gasteiger partial charge < -0.3 is 0 Å². The van der Waals surface area contributed by atoms with Crippen molar-refractivity contribution in [3.63, 3.8) is 0 Å². The van der Waals surface area contributed by atoms with E-state index < -0.39 is 17.3 Å². The number of hydrogen-bond acceptors (Lipinski definition) is 5. The molecular weight excluding hydrogens is 349 g/mol. The van der Waals surface area contributed by atoms with Crippen LogP contribution in [0.5, 0.6) is 0 Å². The van der Waals surface area contributed by atoms with Crippen LogP contribution in [0.15, 0.2) is 29.3 Å². The maximum absolute atomic E-state index is 12.6. The minimum Gasteiger partial charge on any atom is -0.273 e. The zero-order valence-electron chi connectivity index (χ0n) is 12.3. The van der Waals surface area contributed by atoms with Gasteiger partial charge in [-0.1, -0.05) is 11.6 Å². The van der Waals surface area contributed by atoms with Gasteiger partial charge in [0.1, 0.15) is 10.7 Å². The van der Waals surface area contributed by atoms with Crippen LogP contribution in [0.1, 0.15) is 18.4 Å². The molecule has 1 saturated heterocycles. The summed E-state index contributed by atoms with van der Waals surface area (Å²) in [6.07, 6.45) is -0.738. The maximum Gasteiger partial charge on any atom is 0.417 e. The summed E-state index contributed by atoms with van der Waals surface area (Å²) in [4.78, 5) is 21.4. The molecule has 2 aromatic rings. The van der Waals surface area contributed by atoms with Crippen LogP contribution >= 0.6 is 11.6 Å². The van der Waals surface area contributed by atoms with Gasteiger partial charge in [-0.25, -0.2) is 4.98 Å². The van der Waals surface area contributed by atoms with Crippen molar-refractivity contribution in [3.8, 4) is 5.82 Å². The summed E-state index contributed by atoms with van der Waals surface area (Å²) < 4.78 is 38.5. The van der Waals surface area contributed by atoms with Gasteiger partial charge in [-0.05, 0) is 25.0 Å². The molecular formula is C14H12ClF3N4O2. The Morgan fingerprint density at radius 1 is 1.21 bits per heavy atom. The van der Waals surface area contributed by atoms with Crippen LogP contribution in [-0.4, -0.2) is 27.9 Å². The average molecular weight is 361 g/mol. The molecule has 3 rings (SSSR count). The number of hydrogen-bond donors (Lipinski definition) is 0. The number of hydroxylamine groups is 1. The molecule has 0 bridgehead atoms. The largest absolute Gasteiger partial charge is 0.417 e. The molecule has 0 atom stereocenters. The third-order valence-corrected chi connectivity index (χ3v) is 3.82. The number of halogens is 4. The molecule has 2 aromatic heterocycles. The average Bonchev–Trinajstić information content (AvgIpc) is 2.57.